The van der Waals surface area contributed by atoms with Gasteiger partial charge < -0.3 is 10.6 Å². The first-order valence-corrected chi connectivity index (χ1v) is 7.69. The van der Waals surface area contributed by atoms with Crippen molar-refractivity contribution in [3.05, 3.63) is 59.7 Å². The number of amidine groups is 1. The summed E-state index contributed by atoms with van der Waals surface area (Å²) in [4.78, 5) is 14.7. The average molecular weight is 332 g/mol. The van der Waals surface area contributed by atoms with Crippen molar-refractivity contribution < 1.29 is 4.79 Å². The number of rotatable bonds is 4. The van der Waals surface area contributed by atoms with Crippen molar-refractivity contribution >= 4 is 28.8 Å². The molecule has 0 spiro atoms. The number of benzene rings is 2. The maximum Gasteiger partial charge on any atom is 0.260 e. The summed E-state index contributed by atoms with van der Waals surface area (Å²) in [5.41, 5.74) is 10.6. The largest absolute Gasteiger partial charge is 0.382 e. The number of nitrogens with zero attached hydrogens (tertiary/aromatic N) is 3. The molecular weight excluding hydrogens is 316 g/mol. The van der Waals surface area contributed by atoms with Crippen LogP contribution in [0.4, 0.5) is 11.4 Å². The minimum Gasteiger partial charge on any atom is -0.382 e. The van der Waals surface area contributed by atoms with E-state index in [1.807, 2.05) is 24.3 Å². The number of carbonyl (C=O) groups is 1. The van der Waals surface area contributed by atoms with E-state index in [4.69, 9.17) is 16.4 Å². The second-order valence-electron chi connectivity index (χ2n) is 5.48. The number of nitriles is 1. The zero-order valence-electron chi connectivity index (χ0n) is 13.4. The third kappa shape index (κ3) is 3.19. The molecule has 7 heteroatoms. The number of carbonyl (C=O) groups excluding carboxylic acids is 1. The van der Waals surface area contributed by atoms with Crippen LogP contribution in [0.3, 0.4) is 0 Å². The van der Waals surface area contributed by atoms with E-state index in [0.717, 1.165) is 17.7 Å². The Hall–Kier alpha value is -3.66. The maximum absolute atomic E-state index is 13.0. The molecule has 25 heavy (non-hydrogen) atoms. The van der Waals surface area contributed by atoms with Gasteiger partial charge in [-0.3, -0.25) is 15.6 Å². The lowest BCUT2D eigenvalue weighted by molar-refractivity contribution is 0.0990. The number of fused-ring (bicyclic) bond motifs is 1. The number of amides is 1. The van der Waals surface area contributed by atoms with Crippen LogP contribution in [0, 0.1) is 16.7 Å². The highest BCUT2D eigenvalue weighted by atomic mass is 16.2. The Labute approximate surface area is 144 Å². The summed E-state index contributed by atoms with van der Waals surface area (Å²) in [6.07, 6.45) is 0.818. The Balaban J connectivity index is 1.90. The van der Waals surface area contributed by atoms with Gasteiger partial charge in [-0.25, -0.2) is 0 Å². The van der Waals surface area contributed by atoms with Crippen LogP contribution in [-0.4, -0.2) is 24.0 Å². The molecule has 0 saturated carbocycles. The van der Waals surface area contributed by atoms with Gasteiger partial charge >= 0.3 is 0 Å². The van der Waals surface area contributed by atoms with Crippen LogP contribution < -0.4 is 16.1 Å². The van der Waals surface area contributed by atoms with Crippen molar-refractivity contribution in [2.45, 2.75) is 6.42 Å². The molecule has 4 N–H and O–H groups in total. The van der Waals surface area contributed by atoms with Crippen molar-refractivity contribution in [2.24, 2.45) is 10.8 Å². The van der Waals surface area contributed by atoms with E-state index >= 15 is 0 Å². The first kappa shape index (κ1) is 16.2. The van der Waals surface area contributed by atoms with E-state index in [-0.39, 0.29) is 11.6 Å². The molecule has 0 fully saturated rings. The molecule has 1 heterocycles. The Morgan fingerprint density at radius 2 is 1.96 bits per heavy atom. The molecule has 124 valence electrons. The topological polar surface area (TPSA) is 118 Å². The van der Waals surface area contributed by atoms with E-state index in [1.165, 1.54) is 0 Å². The second kappa shape index (κ2) is 6.84. The van der Waals surface area contributed by atoms with Gasteiger partial charge in [-0.05, 0) is 30.2 Å². The number of nitrogens with two attached hydrogens (primary N) is 1. The Bertz CT molecular complexity index is 912. The van der Waals surface area contributed by atoms with Gasteiger partial charge in [-0.2, -0.15) is 10.4 Å². The highest BCUT2D eigenvalue weighted by Crippen LogP contribution is 2.30. The first-order chi connectivity index (χ1) is 12.1. The zero-order valence-corrected chi connectivity index (χ0v) is 13.4. The highest BCUT2D eigenvalue weighted by Gasteiger charge is 2.26. The van der Waals surface area contributed by atoms with Crippen LogP contribution in [-0.2, 0) is 6.42 Å². The van der Waals surface area contributed by atoms with Crippen LogP contribution >= 0.6 is 0 Å². The predicted molar refractivity (Wildman–Crippen MR) is 96.8 cm³/mol. The minimum atomic E-state index is -0.438. The molecule has 0 bridgehead atoms. The average Bonchev–Trinajstić information content (AvgIpc) is 3.06. The predicted octanol–water partition coefficient (Wildman–Crippen LogP) is 2.12. The van der Waals surface area contributed by atoms with Crippen LogP contribution in [0.25, 0.3) is 0 Å². The van der Waals surface area contributed by atoms with Crippen LogP contribution in [0.1, 0.15) is 15.9 Å². The summed E-state index contributed by atoms with van der Waals surface area (Å²) < 4.78 is 0. The molecule has 3 rings (SSSR count). The van der Waals surface area contributed by atoms with Gasteiger partial charge in [-0.15, -0.1) is 0 Å². The molecule has 0 atom stereocenters. The second-order valence-corrected chi connectivity index (χ2v) is 5.48. The lowest BCUT2D eigenvalue weighted by atomic mass is 10.1. The Kier molecular flexibility index (Phi) is 4.44. The van der Waals surface area contributed by atoms with Crippen molar-refractivity contribution in [1.82, 2.24) is 0 Å². The molecule has 7 nitrogen and oxygen atoms in total. The maximum atomic E-state index is 13.0. The van der Waals surface area contributed by atoms with Crippen LogP contribution in [0.15, 0.2) is 53.6 Å². The standard InChI is InChI=1S/C18H16N6O/c19-11-15(17(20)21)23-22-14-7-3-2-6-13(14)18(25)24-10-9-12-5-1-4-8-16(12)24/h1-8,22H,9-10H2,(H3,20,21)/b23-15+. The number of anilines is 2. The summed E-state index contributed by atoms with van der Waals surface area (Å²) in [7, 11) is 0. The molecule has 2 aromatic rings. The molecule has 0 aromatic heterocycles. The third-order valence-corrected chi connectivity index (χ3v) is 3.94. The van der Waals surface area contributed by atoms with Crippen molar-refractivity contribution in [3.8, 4) is 6.07 Å². The summed E-state index contributed by atoms with van der Waals surface area (Å²) >= 11 is 0. The van der Waals surface area contributed by atoms with E-state index in [2.05, 4.69) is 10.5 Å². The van der Waals surface area contributed by atoms with Crippen molar-refractivity contribution in [3.63, 3.8) is 0 Å². The SMILES string of the molecule is N#C/C(=N\Nc1ccccc1C(=O)N1CCc2ccccc21)C(=N)N. The van der Waals surface area contributed by atoms with Crippen molar-refractivity contribution in [1.29, 1.82) is 10.7 Å². The normalized spacial score (nSPS) is 13.1. The van der Waals surface area contributed by atoms with Crippen LogP contribution in [0.5, 0.6) is 0 Å². The lowest BCUT2D eigenvalue weighted by Crippen LogP contribution is -2.29. The monoisotopic (exact) mass is 332 g/mol. The number of para-hydroxylation sites is 2. The van der Waals surface area contributed by atoms with E-state index in [0.29, 0.717) is 17.8 Å². The van der Waals surface area contributed by atoms with Gasteiger partial charge in [0.15, 0.2) is 5.84 Å². The fourth-order valence-corrected chi connectivity index (χ4v) is 2.72. The Morgan fingerprint density at radius 1 is 1.24 bits per heavy atom. The van der Waals surface area contributed by atoms with Gasteiger partial charge in [0.25, 0.3) is 5.91 Å². The van der Waals surface area contributed by atoms with E-state index < -0.39 is 5.84 Å². The quantitative estimate of drug-likeness (QED) is 0.451. The molecule has 0 saturated heterocycles. The van der Waals surface area contributed by atoms with Crippen molar-refractivity contribution in [2.75, 3.05) is 16.9 Å². The molecule has 2 aromatic carbocycles. The lowest BCUT2D eigenvalue weighted by Gasteiger charge is -2.19. The first-order valence-electron chi connectivity index (χ1n) is 7.69. The number of hydrogen-bond donors (Lipinski definition) is 3. The number of hydrazone groups is 1. The van der Waals surface area contributed by atoms with Gasteiger partial charge in [0.05, 0.1) is 11.3 Å². The van der Waals surface area contributed by atoms with E-state index in [9.17, 15) is 4.79 Å². The Morgan fingerprint density at radius 3 is 2.72 bits per heavy atom. The molecular formula is C18H16N6O. The molecule has 0 radical (unpaired) electrons. The number of nitrogens with one attached hydrogen (secondary N) is 2. The summed E-state index contributed by atoms with van der Waals surface area (Å²) in [5.74, 6) is -0.586. The summed E-state index contributed by atoms with van der Waals surface area (Å²) in [6.45, 7) is 0.618. The fourth-order valence-electron chi connectivity index (χ4n) is 2.72. The van der Waals surface area contributed by atoms with Crippen LogP contribution in [0.2, 0.25) is 0 Å². The zero-order chi connectivity index (χ0) is 17.8. The summed E-state index contributed by atoms with van der Waals surface area (Å²) in [6, 6.07) is 16.4. The van der Waals surface area contributed by atoms with E-state index in [1.54, 1.807) is 35.2 Å². The molecule has 0 unspecified atom stereocenters. The smallest absolute Gasteiger partial charge is 0.260 e. The molecule has 1 aliphatic heterocycles. The van der Waals surface area contributed by atoms with Gasteiger partial charge in [-0.1, -0.05) is 30.3 Å². The minimum absolute atomic E-state index is 0.149. The van der Waals surface area contributed by atoms with Gasteiger partial charge in [0.2, 0.25) is 5.71 Å². The third-order valence-electron chi connectivity index (χ3n) is 3.94. The highest BCUT2D eigenvalue weighted by molar-refractivity contribution is 6.45. The number of hydrogen-bond acceptors (Lipinski definition) is 5. The molecule has 1 aliphatic rings. The fraction of sp³-hybridized carbons (Fsp3) is 0.111. The summed E-state index contributed by atoms with van der Waals surface area (Å²) in [5, 5.41) is 20.0. The van der Waals surface area contributed by atoms with Gasteiger partial charge in [0, 0.05) is 12.2 Å². The molecule has 1 amide bonds. The molecule has 0 aliphatic carbocycles. The van der Waals surface area contributed by atoms with Gasteiger partial charge in [0.1, 0.15) is 6.07 Å².